The van der Waals surface area contributed by atoms with Crippen molar-refractivity contribution in [3.63, 3.8) is 0 Å². The summed E-state index contributed by atoms with van der Waals surface area (Å²) in [6.07, 6.45) is 1.31. The Hall–Kier alpha value is -2.86. The standard InChI is InChI=1S/C23H27N3O3/c1-16(21-25-19-6-4-5-7-20(19)26(21)2)24-22(27)23(12-14-29-15-13-23)17-8-10-18(28-3)11-9-17/h4-11,16H,12-15H2,1-3H3,(H,24,27). The Kier molecular flexibility index (Phi) is 5.28. The molecule has 1 aliphatic heterocycles. The van der Waals surface area contributed by atoms with Gasteiger partial charge in [0.05, 0.1) is 29.6 Å². The molecule has 1 aromatic heterocycles. The third kappa shape index (κ3) is 3.49. The first-order valence-corrected chi connectivity index (χ1v) is 10.00. The molecule has 29 heavy (non-hydrogen) atoms. The average Bonchev–Trinajstić information content (AvgIpc) is 3.11. The van der Waals surface area contributed by atoms with Crippen LogP contribution in [-0.2, 0) is 22.0 Å². The zero-order valence-electron chi connectivity index (χ0n) is 17.1. The molecule has 0 radical (unpaired) electrons. The van der Waals surface area contributed by atoms with Crippen molar-refractivity contribution in [2.75, 3.05) is 20.3 Å². The molecule has 2 aromatic carbocycles. The first kappa shape index (κ1) is 19.5. The van der Waals surface area contributed by atoms with Crippen molar-refractivity contribution in [1.82, 2.24) is 14.9 Å². The van der Waals surface area contributed by atoms with E-state index in [9.17, 15) is 4.79 Å². The second-order valence-electron chi connectivity index (χ2n) is 7.64. The van der Waals surface area contributed by atoms with Gasteiger partial charge in [-0.3, -0.25) is 4.79 Å². The molecule has 3 aromatic rings. The second kappa shape index (κ2) is 7.87. The number of aromatic nitrogens is 2. The molecule has 152 valence electrons. The molecule has 2 heterocycles. The fraction of sp³-hybridized carbons (Fsp3) is 0.391. The Morgan fingerprint density at radius 3 is 2.52 bits per heavy atom. The van der Waals surface area contributed by atoms with Gasteiger partial charge in [-0.05, 0) is 49.6 Å². The fourth-order valence-electron chi connectivity index (χ4n) is 4.23. The van der Waals surface area contributed by atoms with Crippen LogP contribution in [0.15, 0.2) is 48.5 Å². The van der Waals surface area contributed by atoms with Gasteiger partial charge in [0.1, 0.15) is 11.6 Å². The van der Waals surface area contributed by atoms with Crippen molar-refractivity contribution in [3.05, 3.63) is 59.9 Å². The first-order chi connectivity index (χ1) is 14.0. The van der Waals surface area contributed by atoms with Crippen LogP contribution in [0.4, 0.5) is 0 Å². The molecule has 1 amide bonds. The minimum Gasteiger partial charge on any atom is -0.497 e. The summed E-state index contributed by atoms with van der Waals surface area (Å²) in [5.41, 5.74) is 2.38. The number of nitrogens with zero attached hydrogens (tertiary/aromatic N) is 2. The number of para-hydroxylation sites is 2. The summed E-state index contributed by atoms with van der Waals surface area (Å²) in [7, 11) is 3.63. The lowest BCUT2D eigenvalue weighted by Crippen LogP contribution is -2.48. The predicted molar refractivity (Wildman–Crippen MR) is 112 cm³/mol. The summed E-state index contributed by atoms with van der Waals surface area (Å²) in [6.45, 7) is 3.13. The lowest BCUT2D eigenvalue weighted by molar-refractivity contribution is -0.131. The SMILES string of the molecule is COc1ccc(C2(C(=O)NC(C)c3nc4ccccc4n3C)CCOCC2)cc1. The lowest BCUT2D eigenvalue weighted by Gasteiger charge is -2.37. The number of fused-ring (bicyclic) bond motifs is 1. The average molecular weight is 393 g/mol. The van der Waals surface area contributed by atoms with Gasteiger partial charge in [0.2, 0.25) is 5.91 Å². The largest absolute Gasteiger partial charge is 0.497 e. The van der Waals surface area contributed by atoms with Crippen LogP contribution < -0.4 is 10.1 Å². The number of aryl methyl sites for hydroxylation is 1. The predicted octanol–water partition coefficient (Wildman–Crippen LogP) is 3.51. The number of nitrogens with one attached hydrogen (secondary N) is 1. The van der Waals surface area contributed by atoms with Crippen molar-refractivity contribution >= 4 is 16.9 Å². The first-order valence-electron chi connectivity index (χ1n) is 10.00. The summed E-state index contributed by atoms with van der Waals surface area (Å²) in [6, 6.07) is 15.6. The van der Waals surface area contributed by atoms with Crippen molar-refractivity contribution < 1.29 is 14.3 Å². The van der Waals surface area contributed by atoms with Gasteiger partial charge in [0, 0.05) is 20.3 Å². The van der Waals surface area contributed by atoms with E-state index in [0.29, 0.717) is 26.1 Å². The van der Waals surface area contributed by atoms with Crippen LogP contribution in [0.2, 0.25) is 0 Å². The van der Waals surface area contributed by atoms with Crippen molar-refractivity contribution in [2.45, 2.75) is 31.2 Å². The zero-order chi connectivity index (χ0) is 20.4. The van der Waals surface area contributed by atoms with E-state index in [1.165, 1.54) is 0 Å². The maximum atomic E-state index is 13.6. The number of ether oxygens (including phenoxy) is 2. The van der Waals surface area contributed by atoms with Gasteiger partial charge >= 0.3 is 0 Å². The summed E-state index contributed by atoms with van der Waals surface area (Å²) >= 11 is 0. The Labute approximate surface area is 170 Å². The molecule has 1 saturated heterocycles. The molecule has 6 nitrogen and oxygen atoms in total. The van der Waals surface area contributed by atoms with Crippen molar-refractivity contribution in [3.8, 4) is 5.75 Å². The minimum absolute atomic E-state index is 0.0190. The van der Waals surface area contributed by atoms with Gasteiger partial charge in [-0.1, -0.05) is 24.3 Å². The number of hydrogen-bond acceptors (Lipinski definition) is 4. The normalized spacial score (nSPS) is 17.1. The Morgan fingerprint density at radius 1 is 1.17 bits per heavy atom. The molecule has 1 atom stereocenters. The number of amides is 1. The van der Waals surface area contributed by atoms with Crippen LogP contribution in [-0.4, -0.2) is 35.8 Å². The minimum atomic E-state index is -0.608. The smallest absolute Gasteiger partial charge is 0.231 e. The summed E-state index contributed by atoms with van der Waals surface area (Å²) in [4.78, 5) is 18.3. The number of carbonyl (C=O) groups is 1. The molecule has 0 aliphatic carbocycles. The van der Waals surface area contributed by atoms with Crippen LogP contribution >= 0.6 is 0 Å². The number of methoxy groups -OCH3 is 1. The molecule has 0 bridgehead atoms. The molecule has 6 heteroatoms. The molecular weight excluding hydrogens is 366 g/mol. The number of imidazole rings is 1. The van der Waals surface area contributed by atoms with Crippen molar-refractivity contribution in [2.24, 2.45) is 7.05 Å². The highest BCUT2D eigenvalue weighted by molar-refractivity contribution is 5.89. The molecule has 0 saturated carbocycles. The number of benzene rings is 2. The van der Waals surface area contributed by atoms with E-state index in [2.05, 4.69) is 5.32 Å². The lowest BCUT2D eigenvalue weighted by atomic mass is 9.73. The summed E-state index contributed by atoms with van der Waals surface area (Å²) < 4.78 is 12.9. The van der Waals surface area contributed by atoms with E-state index in [4.69, 9.17) is 14.5 Å². The van der Waals surface area contributed by atoms with Gasteiger partial charge < -0.3 is 19.4 Å². The van der Waals surface area contributed by atoms with Crippen LogP contribution in [0.1, 0.15) is 37.2 Å². The van der Waals surface area contributed by atoms with Crippen LogP contribution in [0.5, 0.6) is 5.75 Å². The molecule has 1 N–H and O–H groups in total. The van der Waals surface area contributed by atoms with Crippen LogP contribution in [0.25, 0.3) is 11.0 Å². The molecule has 0 spiro atoms. The van der Waals surface area contributed by atoms with E-state index in [1.807, 2.05) is 67.1 Å². The van der Waals surface area contributed by atoms with Gasteiger partial charge in [-0.15, -0.1) is 0 Å². The highest BCUT2D eigenvalue weighted by atomic mass is 16.5. The van der Waals surface area contributed by atoms with Crippen LogP contribution in [0, 0.1) is 0 Å². The number of hydrogen-bond donors (Lipinski definition) is 1. The highest BCUT2D eigenvalue weighted by Crippen LogP contribution is 2.36. The Morgan fingerprint density at radius 2 is 1.86 bits per heavy atom. The highest BCUT2D eigenvalue weighted by Gasteiger charge is 2.42. The third-order valence-corrected chi connectivity index (χ3v) is 5.98. The molecular formula is C23H27N3O3. The Balaban J connectivity index is 1.63. The quantitative estimate of drug-likeness (QED) is 0.720. The Bertz CT molecular complexity index is 1000. The van der Waals surface area contributed by atoms with E-state index >= 15 is 0 Å². The molecule has 1 unspecified atom stereocenters. The van der Waals surface area contributed by atoms with E-state index in [-0.39, 0.29) is 11.9 Å². The maximum absolute atomic E-state index is 13.6. The number of rotatable bonds is 5. The molecule has 4 rings (SSSR count). The third-order valence-electron chi connectivity index (χ3n) is 5.98. The summed E-state index contributed by atoms with van der Waals surface area (Å²) in [5, 5.41) is 3.23. The molecule has 1 aliphatic rings. The number of carbonyl (C=O) groups excluding carboxylic acids is 1. The van der Waals surface area contributed by atoms with E-state index in [0.717, 1.165) is 28.2 Å². The van der Waals surface area contributed by atoms with Crippen molar-refractivity contribution in [1.29, 1.82) is 0 Å². The topological polar surface area (TPSA) is 65.4 Å². The monoisotopic (exact) mass is 393 g/mol. The second-order valence-corrected chi connectivity index (χ2v) is 7.64. The van der Waals surface area contributed by atoms with Crippen LogP contribution in [0.3, 0.4) is 0 Å². The van der Waals surface area contributed by atoms with Gasteiger partial charge in [-0.2, -0.15) is 0 Å². The van der Waals surface area contributed by atoms with Gasteiger partial charge in [-0.25, -0.2) is 4.98 Å². The fourth-order valence-corrected chi connectivity index (χ4v) is 4.23. The summed E-state index contributed by atoms with van der Waals surface area (Å²) in [5.74, 6) is 1.64. The van der Waals surface area contributed by atoms with Gasteiger partial charge in [0.25, 0.3) is 0 Å². The van der Waals surface area contributed by atoms with E-state index in [1.54, 1.807) is 7.11 Å². The maximum Gasteiger partial charge on any atom is 0.231 e. The zero-order valence-corrected chi connectivity index (χ0v) is 17.1. The van der Waals surface area contributed by atoms with Gasteiger partial charge in [0.15, 0.2) is 0 Å². The van der Waals surface area contributed by atoms with E-state index < -0.39 is 5.41 Å². The molecule has 1 fully saturated rings.